The fourth-order valence-electron chi connectivity index (χ4n) is 3.38. The Balaban J connectivity index is 1.39. The van der Waals surface area contributed by atoms with E-state index in [1.54, 1.807) is 4.90 Å². The van der Waals surface area contributed by atoms with Gasteiger partial charge in [-0.1, -0.05) is 18.2 Å². The van der Waals surface area contributed by atoms with Crippen LogP contribution in [-0.2, 0) is 4.79 Å². The summed E-state index contributed by atoms with van der Waals surface area (Å²) < 4.78 is 10.7. The second-order valence-electron chi connectivity index (χ2n) is 6.64. The summed E-state index contributed by atoms with van der Waals surface area (Å²) in [5.41, 5.74) is 2.41. The number of amides is 2. The summed E-state index contributed by atoms with van der Waals surface area (Å²) >= 11 is 0. The minimum Gasteiger partial charge on any atom is -0.454 e. The van der Waals surface area contributed by atoms with E-state index in [0.717, 1.165) is 11.3 Å². The molecule has 0 bridgehead atoms. The van der Waals surface area contributed by atoms with Gasteiger partial charge in [0.25, 0.3) is 5.91 Å². The number of hydrogen-bond donors (Lipinski definition) is 1. The molecule has 0 aromatic heterocycles. The van der Waals surface area contributed by atoms with Gasteiger partial charge < -0.3 is 19.7 Å². The van der Waals surface area contributed by atoms with Gasteiger partial charge in [-0.25, -0.2) is 0 Å². The third kappa shape index (κ3) is 3.10. The number of hydrogen-bond acceptors (Lipinski definition) is 4. The number of nitrogens with zero attached hydrogens (tertiary/aromatic N) is 1. The minimum atomic E-state index is -0.0999. The zero-order chi connectivity index (χ0) is 18.1. The normalized spacial score (nSPS) is 18.3. The lowest BCUT2D eigenvalue weighted by molar-refractivity contribution is -0.117. The van der Waals surface area contributed by atoms with Crippen LogP contribution in [0.4, 0.5) is 5.69 Å². The fourth-order valence-corrected chi connectivity index (χ4v) is 3.38. The lowest BCUT2D eigenvalue weighted by atomic mass is 10.1. The van der Waals surface area contributed by atoms with Crippen LogP contribution in [0.5, 0.6) is 11.5 Å². The van der Waals surface area contributed by atoms with Crippen molar-refractivity contribution in [2.24, 2.45) is 5.92 Å². The van der Waals surface area contributed by atoms with Gasteiger partial charge in [0.2, 0.25) is 12.7 Å². The smallest absolute Gasteiger partial charge is 0.251 e. The summed E-state index contributed by atoms with van der Waals surface area (Å²) in [6.07, 6.45) is 0.419. The fraction of sp³-hybridized carbons (Fsp3) is 0.300. The van der Waals surface area contributed by atoms with Crippen LogP contribution in [-0.4, -0.2) is 31.7 Å². The first-order valence-corrected chi connectivity index (χ1v) is 8.65. The molecule has 2 heterocycles. The third-order valence-corrected chi connectivity index (χ3v) is 4.81. The van der Waals surface area contributed by atoms with Crippen molar-refractivity contribution in [2.75, 3.05) is 24.8 Å². The van der Waals surface area contributed by atoms with Crippen molar-refractivity contribution in [2.45, 2.75) is 13.3 Å². The maximum atomic E-state index is 12.4. The number of benzene rings is 2. The molecule has 0 radical (unpaired) electrons. The van der Waals surface area contributed by atoms with Gasteiger partial charge in [-0.3, -0.25) is 9.59 Å². The Morgan fingerprint density at radius 3 is 2.85 bits per heavy atom. The first-order valence-electron chi connectivity index (χ1n) is 8.65. The van der Waals surface area contributed by atoms with E-state index in [2.05, 4.69) is 5.32 Å². The van der Waals surface area contributed by atoms with Gasteiger partial charge in [0.1, 0.15) is 0 Å². The number of anilines is 1. The molecule has 1 atom stereocenters. The van der Waals surface area contributed by atoms with Crippen LogP contribution in [0.3, 0.4) is 0 Å². The van der Waals surface area contributed by atoms with Crippen LogP contribution in [0.15, 0.2) is 42.5 Å². The van der Waals surface area contributed by atoms with Crippen molar-refractivity contribution in [3.8, 4) is 11.5 Å². The van der Waals surface area contributed by atoms with Crippen molar-refractivity contribution in [1.29, 1.82) is 0 Å². The van der Waals surface area contributed by atoms with E-state index in [0.29, 0.717) is 36.6 Å². The van der Waals surface area contributed by atoms with E-state index in [1.807, 2.05) is 49.4 Å². The molecule has 2 aliphatic heterocycles. The third-order valence-electron chi connectivity index (χ3n) is 4.81. The highest BCUT2D eigenvalue weighted by Crippen LogP contribution is 2.37. The van der Waals surface area contributed by atoms with Crippen molar-refractivity contribution < 1.29 is 19.1 Å². The maximum absolute atomic E-state index is 12.4. The molecule has 2 aromatic carbocycles. The SMILES string of the molecule is Cc1ccccc1C(=O)NCC1CC(=O)N(c2ccc3c(c2)OCO3)C1. The zero-order valence-corrected chi connectivity index (χ0v) is 14.5. The molecule has 2 aromatic rings. The second kappa shape index (κ2) is 6.71. The molecule has 1 N–H and O–H groups in total. The van der Waals surface area contributed by atoms with Crippen LogP contribution in [0.25, 0.3) is 0 Å². The number of nitrogens with one attached hydrogen (secondary N) is 1. The summed E-state index contributed by atoms with van der Waals surface area (Å²) in [4.78, 5) is 26.5. The minimum absolute atomic E-state index is 0.0546. The molecular weight excluding hydrogens is 332 g/mol. The molecule has 4 rings (SSSR count). The van der Waals surface area contributed by atoms with Gasteiger partial charge in [0.15, 0.2) is 11.5 Å². The van der Waals surface area contributed by atoms with Crippen molar-refractivity contribution in [1.82, 2.24) is 5.32 Å². The van der Waals surface area contributed by atoms with Gasteiger partial charge >= 0.3 is 0 Å². The van der Waals surface area contributed by atoms with Gasteiger partial charge in [-0.05, 0) is 30.7 Å². The van der Waals surface area contributed by atoms with Crippen LogP contribution in [0, 0.1) is 12.8 Å². The number of fused-ring (bicyclic) bond motifs is 1. The Labute approximate surface area is 151 Å². The van der Waals surface area contributed by atoms with E-state index in [4.69, 9.17) is 9.47 Å². The molecule has 1 saturated heterocycles. The highest BCUT2D eigenvalue weighted by atomic mass is 16.7. The van der Waals surface area contributed by atoms with E-state index in [9.17, 15) is 9.59 Å². The number of carbonyl (C=O) groups excluding carboxylic acids is 2. The highest BCUT2D eigenvalue weighted by molar-refractivity contribution is 5.97. The van der Waals surface area contributed by atoms with Gasteiger partial charge in [-0.2, -0.15) is 0 Å². The summed E-state index contributed by atoms with van der Waals surface area (Å²) in [7, 11) is 0. The van der Waals surface area contributed by atoms with E-state index in [1.165, 1.54) is 0 Å². The zero-order valence-electron chi connectivity index (χ0n) is 14.5. The van der Waals surface area contributed by atoms with Crippen LogP contribution < -0.4 is 19.7 Å². The predicted octanol–water partition coefficient (Wildman–Crippen LogP) is 2.51. The Morgan fingerprint density at radius 1 is 1.19 bits per heavy atom. The number of ether oxygens (including phenoxy) is 2. The van der Waals surface area contributed by atoms with Crippen LogP contribution in [0.2, 0.25) is 0 Å². The Morgan fingerprint density at radius 2 is 2.00 bits per heavy atom. The average molecular weight is 352 g/mol. The first-order chi connectivity index (χ1) is 12.6. The molecule has 0 spiro atoms. The van der Waals surface area contributed by atoms with E-state index < -0.39 is 0 Å². The van der Waals surface area contributed by atoms with Gasteiger partial charge in [0, 0.05) is 42.7 Å². The summed E-state index contributed by atoms with van der Waals surface area (Å²) in [6.45, 7) is 3.17. The Hall–Kier alpha value is -3.02. The van der Waals surface area contributed by atoms with E-state index >= 15 is 0 Å². The summed E-state index contributed by atoms with van der Waals surface area (Å²) in [5.74, 6) is 1.39. The molecule has 2 amide bonds. The largest absolute Gasteiger partial charge is 0.454 e. The van der Waals surface area contributed by atoms with Crippen molar-refractivity contribution in [3.63, 3.8) is 0 Å². The molecule has 26 heavy (non-hydrogen) atoms. The van der Waals surface area contributed by atoms with E-state index in [-0.39, 0.29) is 24.5 Å². The molecule has 1 fully saturated rings. The number of aryl methyl sites for hydroxylation is 1. The van der Waals surface area contributed by atoms with Crippen LogP contribution >= 0.6 is 0 Å². The Kier molecular flexibility index (Phi) is 4.24. The highest BCUT2D eigenvalue weighted by Gasteiger charge is 2.31. The quantitative estimate of drug-likeness (QED) is 0.918. The van der Waals surface area contributed by atoms with Gasteiger partial charge in [0.05, 0.1) is 0 Å². The molecule has 2 aliphatic rings. The van der Waals surface area contributed by atoms with Gasteiger partial charge in [-0.15, -0.1) is 0 Å². The topological polar surface area (TPSA) is 67.9 Å². The lowest BCUT2D eigenvalue weighted by Crippen LogP contribution is -2.31. The van der Waals surface area contributed by atoms with Crippen molar-refractivity contribution >= 4 is 17.5 Å². The first kappa shape index (κ1) is 16.4. The lowest BCUT2D eigenvalue weighted by Gasteiger charge is -2.17. The molecule has 0 aliphatic carbocycles. The standard InChI is InChI=1S/C20H20N2O4/c1-13-4-2-3-5-16(13)20(24)21-10-14-8-19(23)22(11-14)15-6-7-17-18(9-15)26-12-25-17/h2-7,9,14H,8,10-12H2,1H3,(H,21,24). The molecule has 6 nitrogen and oxygen atoms in total. The number of rotatable bonds is 4. The molecule has 134 valence electrons. The molecule has 6 heteroatoms. The predicted molar refractivity (Wildman–Crippen MR) is 96.5 cm³/mol. The van der Waals surface area contributed by atoms with Crippen molar-refractivity contribution in [3.05, 3.63) is 53.6 Å². The second-order valence-corrected chi connectivity index (χ2v) is 6.64. The average Bonchev–Trinajstić information content (AvgIpc) is 3.25. The molecule has 0 saturated carbocycles. The maximum Gasteiger partial charge on any atom is 0.251 e. The monoisotopic (exact) mass is 352 g/mol. The van der Waals surface area contributed by atoms with Crippen LogP contribution in [0.1, 0.15) is 22.3 Å². The molecular formula is C20H20N2O4. The Bertz CT molecular complexity index is 865. The molecule has 1 unspecified atom stereocenters. The summed E-state index contributed by atoms with van der Waals surface area (Å²) in [6, 6.07) is 13.0. The summed E-state index contributed by atoms with van der Waals surface area (Å²) in [5, 5.41) is 2.95. The number of carbonyl (C=O) groups is 2.